The highest BCUT2D eigenvalue weighted by atomic mass is 16.7. The molecule has 9 nitrogen and oxygen atoms in total. The number of carbonyl (C=O) groups excluding carboxylic acids is 1. The van der Waals surface area contributed by atoms with Crippen molar-refractivity contribution in [2.45, 2.75) is 13.5 Å². The third kappa shape index (κ3) is 4.29. The lowest BCUT2D eigenvalue weighted by atomic mass is 10.1. The lowest BCUT2D eigenvalue weighted by Crippen LogP contribution is -2.23. The van der Waals surface area contributed by atoms with E-state index in [1.807, 2.05) is 6.07 Å². The van der Waals surface area contributed by atoms with Gasteiger partial charge >= 0.3 is 0 Å². The third-order valence-electron chi connectivity index (χ3n) is 4.87. The highest BCUT2D eigenvalue weighted by Crippen LogP contribution is 2.32. The normalized spacial score (nSPS) is 12.3. The molecule has 0 aliphatic carbocycles. The highest BCUT2D eigenvalue weighted by Gasteiger charge is 2.16. The zero-order valence-corrected chi connectivity index (χ0v) is 17.0. The van der Waals surface area contributed by atoms with Crippen LogP contribution in [-0.2, 0) is 11.3 Å². The van der Waals surface area contributed by atoms with Gasteiger partial charge in [-0.3, -0.25) is 14.9 Å². The van der Waals surface area contributed by atoms with Crippen molar-refractivity contribution in [1.29, 1.82) is 5.26 Å². The first-order valence-electron chi connectivity index (χ1n) is 9.58. The quantitative estimate of drug-likeness (QED) is 0.269. The molecular weight excluding hydrogens is 414 g/mol. The maximum absolute atomic E-state index is 12.5. The highest BCUT2D eigenvalue weighted by molar-refractivity contribution is 6.01. The molecule has 1 amide bonds. The van der Waals surface area contributed by atoms with Crippen LogP contribution in [0.15, 0.2) is 58.5 Å². The molecular formula is C23H17N3O6. The van der Waals surface area contributed by atoms with Crippen molar-refractivity contribution in [2.24, 2.45) is 0 Å². The average Bonchev–Trinajstić information content (AvgIpc) is 3.45. The third-order valence-corrected chi connectivity index (χ3v) is 4.87. The van der Waals surface area contributed by atoms with Crippen molar-refractivity contribution in [3.63, 3.8) is 0 Å². The summed E-state index contributed by atoms with van der Waals surface area (Å²) in [5.41, 5.74) is 1.95. The lowest BCUT2D eigenvalue weighted by molar-refractivity contribution is -0.384. The molecule has 160 valence electrons. The minimum atomic E-state index is -0.561. The molecule has 2 heterocycles. The van der Waals surface area contributed by atoms with Gasteiger partial charge in [-0.25, -0.2) is 0 Å². The van der Waals surface area contributed by atoms with Gasteiger partial charge in [0.05, 0.1) is 4.92 Å². The number of nitro groups is 1. The number of carbonyl (C=O) groups is 1. The van der Waals surface area contributed by atoms with E-state index in [4.69, 9.17) is 13.9 Å². The second kappa shape index (κ2) is 8.65. The first kappa shape index (κ1) is 20.7. The molecule has 1 aromatic heterocycles. The van der Waals surface area contributed by atoms with E-state index in [1.165, 1.54) is 18.2 Å². The zero-order chi connectivity index (χ0) is 22.7. The van der Waals surface area contributed by atoms with Crippen LogP contribution in [0, 0.1) is 28.4 Å². The van der Waals surface area contributed by atoms with Gasteiger partial charge in [0.1, 0.15) is 23.2 Å². The first-order valence-corrected chi connectivity index (χ1v) is 9.58. The van der Waals surface area contributed by atoms with Crippen molar-refractivity contribution < 1.29 is 23.6 Å². The van der Waals surface area contributed by atoms with E-state index in [0.29, 0.717) is 22.8 Å². The number of nitrogens with one attached hydrogen (secondary N) is 1. The van der Waals surface area contributed by atoms with E-state index in [-0.39, 0.29) is 30.4 Å². The molecule has 32 heavy (non-hydrogen) atoms. The molecule has 2 aromatic carbocycles. The minimum Gasteiger partial charge on any atom is -0.457 e. The second-order valence-electron chi connectivity index (χ2n) is 7.00. The number of furan rings is 1. The van der Waals surface area contributed by atoms with Crippen molar-refractivity contribution in [2.75, 3.05) is 6.79 Å². The van der Waals surface area contributed by atoms with Crippen molar-refractivity contribution >= 4 is 17.7 Å². The number of aryl methyl sites for hydroxylation is 1. The molecule has 0 spiro atoms. The number of amides is 1. The minimum absolute atomic E-state index is 0.0558. The Balaban J connectivity index is 1.48. The van der Waals surface area contributed by atoms with E-state index in [0.717, 1.165) is 11.1 Å². The SMILES string of the molecule is Cc1ccc([N+](=O)[O-])cc1-c1ccc(/C=C(\C#N)C(=O)NCc2ccc3c(c2)OCO3)o1. The zero-order valence-electron chi connectivity index (χ0n) is 17.0. The average molecular weight is 431 g/mol. The molecule has 0 fully saturated rings. The predicted octanol–water partition coefficient (Wildman–Crippen LogP) is 4.12. The van der Waals surface area contributed by atoms with E-state index in [1.54, 1.807) is 43.3 Å². The number of non-ortho nitro benzene ring substituents is 1. The van der Waals surface area contributed by atoms with Gasteiger partial charge in [0.2, 0.25) is 6.79 Å². The van der Waals surface area contributed by atoms with Crippen LogP contribution in [0.4, 0.5) is 5.69 Å². The Morgan fingerprint density at radius 2 is 2.00 bits per heavy atom. The second-order valence-corrected chi connectivity index (χ2v) is 7.00. The number of fused-ring (bicyclic) bond motifs is 1. The molecule has 0 saturated carbocycles. The molecule has 1 aliphatic heterocycles. The summed E-state index contributed by atoms with van der Waals surface area (Å²) in [6.45, 7) is 2.17. The number of nitriles is 1. The maximum atomic E-state index is 12.5. The summed E-state index contributed by atoms with van der Waals surface area (Å²) in [6, 6.07) is 14.9. The number of benzene rings is 2. The summed E-state index contributed by atoms with van der Waals surface area (Å²) in [4.78, 5) is 23.0. The van der Waals surface area contributed by atoms with Gasteiger partial charge in [0.25, 0.3) is 11.6 Å². The summed E-state index contributed by atoms with van der Waals surface area (Å²) >= 11 is 0. The van der Waals surface area contributed by atoms with E-state index in [9.17, 15) is 20.2 Å². The summed E-state index contributed by atoms with van der Waals surface area (Å²) in [5.74, 6) is 1.36. The van der Waals surface area contributed by atoms with Gasteiger partial charge in [0, 0.05) is 30.3 Å². The van der Waals surface area contributed by atoms with E-state index < -0.39 is 10.8 Å². The van der Waals surface area contributed by atoms with Gasteiger partial charge in [-0.1, -0.05) is 12.1 Å². The Bertz CT molecular complexity index is 1290. The predicted molar refractivity (Wildman–Crippen MR) is 114 cm³/mol. The number of nitrogens with zero attached hydrogens (tertiary/aromatic N) is 2. The molecule has 4 rings (SSSR count). The van der Waals surface area contributed by atoms with E-state index in [2.05, 4.69) is 5.32 Å². The van der Waals surface area contributed by atoms with Gasteiger partial charge in [-0.15, -0.1) is 0 Å². The Hall–Kier alpha value is -4.58. The summed E-state index contributed by atoms with van der Waals surface area (Å²) < 4.78 is 16.3. The molecule has 3 aromatic rings. The van der Waals surface area contributed by atoms with Crippen LogP contribution in [0.2, 0.25) is 0 Å². The Morgan fingerprint density at radius 3 is 2.78 bits per heavy atom. The van der Waals surface area contributed by atoms with Crippen LogP contribution in [0.3, 0.4) is 0 Å². The van der Waals surface area contributed by atoms with Crippen LogP contribution in [0.25, 0.3) is 17.4 Å². The van der Waals surface area contributed by atoms with Crippen LogP contribution in [-0.4, -0.2) is 17.6 Å². The molecule has 1 aliphatic rings. The first-order chi connectivity index (χ1) is 15.4. The fourth-order valence-electron chi connectivity index (χ4n) is 3.18. The van der Waals surface area contributed by atoms with Crippen LogP contribution >= 0.6 is 0 Å². The molecule has 9 heteroatoms. The number of ether oxygens (including phenoxy) is 2. The summed E-state index contributed by atoms with van der Waals surface area (Å²) in [5, 5.41) is 23.2. The van der Waals surface area contributed by atoms with Crippen molar-refractivity contribution in [1.82, 2.24) is 5.32 Å². The Labute approximate surface area is 182 Å². The van der Waals surface area contributed by atoms with E-state index >= 15 is 0 Å². The summed E-state index contributed by atoms with van der Waals surface area (Å²) in [7, 11) is 0. The van der Waals surface area contributed by atoms with Gasteiger partial charge in [-0.2, -0.15) is 5.26 Å². The molecule has 0 saturated heterocycles. The largest absolute Gasteiger partial charge is 0.457 e. The molecule has 0 radical (unpaired) electrons. The number of nitro benzene ring substituents is 1. The van der Waals surface area contributed by atoms with Gasteiger partial charge in [-0.05, 0) is 42.3 Å². The number of hydrogen-bond acceptors (Lipinski definition) is 7. The van der Waals surface area contributed by atoms with Crippen molar-refractivity contribution in [3.05, 3.63) is 81.1 Å². The fourth-order valence-corrected chi connectivity index (χ4v) is 3.18. The fraction of sp³-hybridized carbons (Fsp3) is 0.130. The van der Waals surface area contributed by atoms with Crippen LogP contribution in [0.1, 0.15) is 16.9 Å². The molecule has 1 N–H and O–H groups in total. The molecule has 0 unspecified atom stereocenters. The van der Waals surface area contributed by atoms with Crippen molar-refractivity contribution in [3.8, 4) is 28.9 Å². The molecule has 0 bridgehead atoms. The summed E-state index contributed by atoms with van der Waals surface area (Å²) in [6.07, 6.45) is 1.32. The van der Waals surface area contributed by atoms with Gasteiger partial charge < -0.3 is 19.2 Å². The Morgan fingerprint density at radius 1 is 1.19 bits per heavy atom. The van der Waals surface area contributed by atoms with Gasteiger partial charge in [0.15, 0.2) is 11.5 Å². The standard InChI is InChI=1S/C23H17N3O6/c1-14-2-4-17(26(28)29)10-19(14)20-7-5-18(32-20)9-16(11-24)23(27)25-12-15-3-6-21-22(8-15)31-13-30-21/h2-10H,12-13H2,1H3,(H,25,27)/b16-9+. The number of rotatable bonds is 6. The lowest BCUT2D eigenvalue weighted by Gasteiger charge is -2.05. The number of hydrogen-bond donors (Lipinski definition) is 1. The Kier molecular flexibility index (Phi) is 5.59. The topological polar surface area (TPSA) is 128 Å². The van der Waals surface area contributed by atoms with Crippen LogP contribution < -0.4 is 14.8 Å². The molecule has 0 atom stereocenters. The van der Waals surface area contributed by atoms with Crippen LogP contribution in [0.5, 0.6) is 11.5 Å². The smallest absolute Gasteiger partial charge is 0.270 e. The maximum Gasteiger partial charge on any atom is 0.270 e. The monoisotopic (exact) mass is 431 g/mol.